The monoisotopic (exact) mass is 496 g/mol. The summed E-state index contributed by atoms with van der Waals surface area (Å²) in [5.41, 5.74) is 4.35. The van der Waals surface area contributed by atoms with Gasteiger partial charge in [0.25, 0.3) is 0 Å². The molecule has 0 amide bonds. The molecule has 5 rings (SSSR count). The average Bonchev–Trinajstić information content (AvgIpc) is 3.28. The number of fused-ring (bicyclic) bond motifs is 2. The predicted octanol–water partition coefficient (Wildman–Crippen LogP) is 4.31. The number of hydrogen-bond donors (Lipinski definition) is 2. The molecule has 0 saturated carbocycles. The van der Waals surface area contributed by atoms with Gasteiger partial charge in [0, 0.05) is 10.8 Å². The largest absolute Gasteiger partial charge is 0.508 e. The van der Waals surface area contributed by atoms with Crippen molar-refractivity contribution >= 4 is 32.1 Å². The van der Waals surface area contributed by atoms with E-state index in [4.69, 9.17) is 4.18 Å². The first-order valence-electron chi connectivity index (χ1n) is 10.9. The van der Waals surface area contributed by atoms with E-state index < -0.39 is 36.7 Å². The molecule has 34 heavy (non-hydrogen) atoms. The Labute approximate surface area is 201 Å². The third-order valence-corrected chi connectivity index (χ3v) is 10.4. The van der Waals surface area contributed by atoms with Crippen molar-refractivity contribution in [1.29, 1.82) is 0 Å². The Bertz CT molecular complexity index is 1440. The molecule has 2 aliphatic rings. The molecule has 2 N–H and O–H groups in total. The Hall–Kier alpha value is -3.10. The molecule has 0 aliphatic carbocycles. The molecule has 8 heteroatoms. The average molecular weight is 497 g/mol. The lowest BCUT2D eigenvalue weighted by atomic mass is 9.83. The van der Waals surface area contributed by atoms with Gasteiger partial charge >= 0.3 is 10.1 Å². The van der Waals surface area contributed by atoms with Crippen LogP contribution < -0.4 is 4.18 Å². The van der Waals surface area contributed by atoms with Crippen molar-refractivity contribution in [2.45, 2.75) is 36.0 Å². The van der Waals surface area contributed by atoms with Crippen molar-refractivity contribution in [2.24, 2.45) is 0 Å². The van der Waals surface area contributed by atoms with Crippen LogP contribution in [0.5, 0.6) is 17.2 Å². The van der Waals surface area contributed by atoms with Crippen LogP contribution in [0.25, 0.3) is 11.1 Å². The fraction of sp³-hybridized carbons (Fsp3) is 0.231. The van der Waals surface area contributed by atoms with Gasteiger partial charge in [-0.1, -0.05) is 30.3 Å². The standard InChI is InChI=1S/C26H24O6S2/c1-15-12-17(8-10-20(15)27)24-22-14-23(34(30,31)32-19-6-4-3-5-7-19)26(33(22)29)25(24)18-9-11-21(28)16(2)13-18/h3-13,22-23,26-28H,14H2,1-2H3/t22-,23-,26+,33-/m0/s1. The van der Waals surface area contributed by atoms with Crippen LogP contribution >= 0.6 is 0 Å². The number of hydrogen-bond acceptors (Lipinski definition) is 6. The van der Waals surface area contributed by atoms with Crippen LogP contribution in [0.15, 0.2) is 66.7 Å². The van der Waals surface area contributed by atoms with E-state index in [0.717, 1.165) is 16.7 Å². The van der Waals surface area contributed by atoms with E-state index in [-0.39, 0.29) is 23.7 Å². The van der Waals surface area contributed by atoms with Gasteiger partial charge in [0.15, 0.2) is 0 Å². The zero-order valence-electron chi connectivity index (χ0n) is 18.6. The van der Waals surface area contributed by atoms with Crippen molar-refractivity contribution in [3.05, 3.63) is 89.0 Å². The van der Waals surface area contributed by atoms with E-state index in [2.05, 4.69) is 0 Å². The maximum absolute atomic E-state index is 13.6. The van der Waals surface area contributed by atoms with Gasteiger partial charge in [-0.05, 0) is 90.1 Å². The van der Waals surface area contributed by atoms with Gasteiger partial charge in [-0.15, -0.1) is 0 Å². The molecule has 3 aromatic carbocycles. The minimum Gasteiger partial charge on any atom is -0.508 e. The van der Waals surface area contributed by atoms with E-state index in [1.807, 2.05) is 6.07 Å². The number of rotatable bonds is 5. The summed E-state index contributed by atoms with van der Waals surface area (Å²) in [7, 11) is -5.55. The number of para-hydroxylation sites is 1. The molecule has 2 bridgehead atoms. The van der Waals surface area contributed by atoms with E-state index in [9.17, 15) is 22.8 Å². The Kier molecular flexibility index (Phi) is 5.53. The third-order valence-electron chi connectivity index (χ3n) is 6.55. The summed E-state index contributed by atoms with van der Waals surface area (Å²) in [6.45, 7) is 3.55. The number of phenols is 2. The summed E-state index contributed by atoms with van der Waals surface area (Å²) in [5.74, 6) is 0.510. The molecule has 2 aliphatic heterocycles. The topological polar surface area (TPSA) is 101 Å². The van der Waals surface area contributed by atoms with E-state index in [1.165, 1.54) is 0 Å². The van der Waals surface area contributed by atoms with Crippen LogP contribution in [-0.4, -0.2) is 38.6 Å². The van der Waals surface area contributed by atoms with Crippen LogP contribution in [0, 0.1) is 13.8 Å². The van der Waals surface area contributed by atoms with E-state index in [1.54, 1.807) is 74.5 Å². The molecule has 6 nitrogen and oxygen atoms in total. The highest BCUT2D eigenvalue weighted by Crippen LogP contribution is 2.53. The minimum atomic E-state index is -4.07. The lowest BCUT2D eigenvalue weighted by molar-refractivity contribution is 0.468. The molecule has 1 fully saturated rings. The molecule has 3 aromatic rings. The van der Waals surface area contributed by atoms with Gasteiger partial charge in [0.05, 0.1) is 10.5 Å². The Morgan fingerprint density at radius 2 is 1.41 bits per heavy atom. The van der Waals surface area contributed by atoms with E-state index >= 15 is 0 Å². The van der Waals surface area contributed by atoms with Crippen molar-refractivity contribution < 1.29 is 27.0 Å². The van der Waals surface area contributed by atoms with Crippen LogP contribution in [0.3, 0.4) is 0 Å². The number of benzene rings is 3. The van der Waals surface area contributed by atoms with Crippen LogP contribution in [0.4, 0.5) is 0 Å². The molecule has 1 saturated heterocycles. The van der Waals surface area contributed by atoms with Gasteiger partial charge < -0.3 is 14.4 Å². The molecule has 4 atom stereocenters. The first-order valence-corrected chi connectivity index (χ1v) is 13.6. The Morgan fingerprint density at radius 3 is 1.97 bits per heavy atom. The minimum absolute atomic E-state index is 0.132. The Morgan fingerprint density at radius 1 is 0.853 bits per heavy atom. The molecule has 2 heterocycles. The number of aromatic hydroxyl groups is 2. The third kappa shape index (κ3) is 3.71. The maximum Gasteiger partial charge on any atom is 0.313 e. The zero-order valence-corrected chi connectivity index (χ0v) is 20.3. The SMILES string of the molecule is Cc1cc(C2=C(c3ccc(O)c(C)c3)[C@H]3[C@@H](S(=O)(=O)Oc4ccccc4)C[C@@H]2[S@@]3=O)ccc1O. The molecule has 0 aromatic heterocycles. The lowest BCUT2D eigenvalue weighted by Gasteiger charge is -2.26. The summed E-state index contributed by atoms with van der Waals surface area (Å²) >= 11 is 0. The second kappa shape index (κ2) is 8.29. The molecule has 0 unspecified atom stereocenters. The highest BCUT2D eigenvalue weighted by molar-refractivity contribution is 7.92. The Balaban J connectivity index is 1.66. The van der Waals surface area contributed by atoms with Gasteiger partial charge in [-0.2, -0.15) is 8.42 Å². The summed E-state index contributed by atoms with van der Waals surface area (Å²) in [4.78, 5) is 0. The summed E-state index contributed by atoms with van der Waals surface area (Å²) in [5, 5.41) is 17.8. The van der Waals surface area contributed by atoms with Gasteiger partial charge in [-0.25, -0.2) is 0 Å². The lowest BCUT2D eigenvalue weighted by Crippen LogP contribution is -2.35. The van der Waals surface area contributed by atoms with Gasteiger partial charge in [-0.3, -0.25) is 4.21 Å². The fourth-order valence-electron chi connectivity index (χ4n) is 4.87. The molecule has 0 radical (unpaired) electrons. The molecule has 176 valence electrons. The van der Waals surface area contributed by atoms with Gasteiger partial charge in [0.2, 0.25) is 0 Å². The zero-order chi connectivity index (χ0) is 24.2. The fourth-order valence-corrected chi connectivity index (χ4v) is 9.25. The quantitative estimate of drug-likeness (QED) is 0.511. The number of aryl methyl sites for hydroxylation is 2. The number of phenolic OH excluding ortho intramolecular Hbond substituents is 2. The maximum atomic E-state index is 13.6. The van der Waals surface area contributed by atoms with E-state index in [0.29, 0.717) is 16.7 Å². The second-order valence-electron chi connectivity index (χ2n) is 8.73. The van der Waals surface area contributed by atoms with Crippen molar-refractivity contribution in [2.75, 3.05) is 0 Å². The first-order chi connectivity index (χ1) is 16.2. The van der Waals surface area contributed by atoms with Crippen molar-refractivity contribution in [3.63, 3.8) is 0 Å². The highest BCUT2D eigenvalue weighted by atomic mass is 32.2. The first kappa shape index (κ1) is 22.7. The molecule has 0 spiro atoms. The van der Waals surface area contributed by atoms with Crippen molar-refractivity contribution in [3.8, 4) is 17.2 Å². The summed E-state index contributed by atoms with van der Waals surface area (Å²) in [6.07, 6.45) is 0.183. The summed E-state index contributed by atoms with van der Waals surface area (Å²) in [6, 6.07) is 18.6. The van der Waals surface area contributed by atoms with Gasteiger partial charge in [0.1, 0.15) is 22.5 Å². The van der Waals surface area contributed by atoms with Crippen LogP contribution in [0.1, 0.15) is 28.7 Å². The summed E-state index contributed by atoms with van der Waals surface area (Å²) < 4.78 is 45.7. The van der Waals surface area contributed by atoms with Crippen molar-refractivity contribution in [1.82, 2.24) is 0 Å². The predicted molar refractivity (Wildman–Crippen MR) is 133 cm³/mol. The normalized spacial score (nSPS) is 23.9. The molecular formula is C26H24O6S2. The molecular weight excluding hydrogens is 472 g/mol. The highest BCUT2D eigenvalue weighted by Gasteiger charge is 2.57. The van der Waals surface area contributed by atoms with Crippen LogP contribution in [0.2, 0.25) is 0 Å². The smallest absolute Gasteiger partial charge is 0.313 e. The van der Waals surface area contributed by atoms with Crippen LogP contribution in [-0.2, 0) is 20.9 Å². The second-order valence-corrected chi connectivity index (χ2v) is 12.2.